The zero-order valence-corrected chi connectivity index (χ0v) is 18.5. The second-order valence-electron chi connectivity index (χ2n) is 8.44. The maximum absolute atomic E-state index is 12.4. The van der Waals surface area contributed by atoms with Crippen molar-refractivity contribution in [2.24, 2.45) is 0 Å². The van der Waals surface area contributed by atoms with E-state index in [2.05, 4.69) is 0 Å². The SMILES string of the molecule is COC(=O)C[C@H](c1ccc(O)c(O)c1)[C@@]1(O)Cc2c(O)cc(O)cc2O[C@@H]1c1ccc(O)c(O)c1. The summed E-state index contributed by atoms with van der Waals surface area (Å²) in [5.74, 6) is -4.14. The Morgan fingerprint density at radius 1 is 0.943 bits per heavy atom. The molecule has 4 rings (SSSR count). The molecule has 3 aromatic carbocycles. The summed E-state index contributed by atoms with van der Waals surface area (Å²) in [4.78, 5) is 12.4. The summed E-state index contributed by atoms with van der Waals surface area (Å²) in [5, 5.41) is 72.4. The number of phenolic OH excluding ortho intramolecular Hbond substituents is 6. The molecule has 35 heavy (non-hydrogen) atoms. The number of aromatic hydroxyl groups is 6. The number of esters is 1. The van der Waals surface area contributed by atoms with Crippen molar-refractivity contribution in [1.29, 1.82) is 0 Å². The van der Waals surface area contributed by atoms with Gasteiger partial charge >= 0.3 is 5.97 Å². The van der Waals surface area contributed by atoms with Crippen LogP contribution in [0.3, 0.4) is 0 Å². The zero-order valence-electron chi connectivity index (χ0n) is 18.5. The van der Waals surface area contributed by atoms with Gasteiger partial charge in [-0.3, -0.25) is 4.79 Å². The molecule has 0 saturated heterocycles. The van der Waals surface area contributed by atoms with Crippen LogP contribution in [-0.4, -0.2) is 54.4 Å². The number of benzene rings is 3. The standard InChI is InChI=1S/C25H24O10/c1-34-23(32)10-16(12-2-4-17(27)20(30)6-12)25(33)11-15-19(29)8-14(26)9-22(15)35-24(25)13-3-5-18(28)21(31)7-13/h2-9,16,24,26-31,33H,10-11H2,1H3/t16-,24-,25+/m1/s1. The maximum Gasteiger partial charge on any atom is 0.306 e. The van der Waals surface area contributed by atoms with Crippen LogP contribution in [0, 0.1) is 0 Å². The van der Waals surface area contributed by atoms with Crippen LogP contribution in [0.1, 0.15) is 35.1 Å². The number of ether oxygens (including phenoxy) is 2. The van der Waals surface area contributed by atoms with E-state index in [9.17, 15) is 40.5 Å². The minimum atomic E-state index is -2.00. The second kappa shape index (κ2) is 8.80. The van der Waals surface area contributed by atoms with E-state index in [0.717, 1.165) is 6.07 Å². The molecular weight excluding hydrogens is 460 g/mol. The predicted octanol–water partition coefficient (Wildman–Crippen LogP) is 2.67. The lowest BCUT2D eigenvalue weighted by atomic mass is 9.70. The van der Waals surface area contributed by atoms with Gasteiger partial charge in [-0.15, -0.1) is 0 Å². The smallest absolute Gasteiger partial charge is 0.306 e. The molecule has 10 nitrogen and oxygen atoms in total. The minimum Gasteiger partial charge on any atom is -0.508 e. The number of phenols is 6. The van der Waals surface area contributed by atoms with Crippen molar-refractivity contribution in [2.45, 2.75) is 30.5 Å². The number of rotatable bonds is 5. The molecule has 7 N–H and O–H groups in total. The van der Waals surface area contributed by atoms with Gasteiger partial charge in [-0.1, -0.05) is 12.1 Å². The molecule has 0 saturated carbocycles. The fraction of sp³-hybridized carbons (Fsp3) is 0.240. The highest BCUT2D eigenvalue weighted by atomic mass is 16.5. The van der Waals surface area contributed by atoms with Crippen LogP contribution in [0.2, 0.25) is 0 Å². The van der Waals surface area contributed by atoms with Gasteiger partial charge < -0.3 is 45.2 Å². The van der Waals surface area contributed by atoms with Gasteiger partial charge in [0.1, 0.15) is 22.8 Å². The van der Waals surface area contributed by atoms with Crippen LogP contribution < -0.4 is 4.74 Å². The van der Waals surface area contributed by atoms with Crippen molar-refractivity contribution in [3.05, 3.63) is 65.2 Å². The Morgan fingerprint density at radius 2 is 1.60 bits per heavy atom. The van der Waals surface area contributed by atoms with Gasteiger partial charge in [-0.25, -0.2) is 0 Å². The summed E-state index contributed by atoms with van der Waals surface area (Å²) < 4.78 is 10.9. The van der Waals surface area contributed by atoms with E-state index in [1.54, 1.807) is 0 Å². The fourth-order valence-electron chi connectivity index (χ4n) is 4.46. The van der Waals surface area contributed by atoms with E-state index < -0.39 is 46.6 Å². The molecule has 10 heteroatoms. The number of hydrogen-bond donors (Lipinski definition) is 7. The molecule has 1 aliphatic rings. The first-order valence-corrected chi connectivity index (χ1v) is 10.6. The summed E-state index contributed by atoms with van der Waals surface area (Å²) in [7, 11) is 1.18. The van der Waals surface area contributed by atoms with Crippen molar-refractivity contribution in [3.8, 4) is 40.2 Å². The van der Waals surface area contributed by atoms with E-state index in [0.29, 0.717) is 0 Å². The van der Waals surface area contributed by atoms with Gasteiger partial charge in [0.15, 0.2) is 29.1 Å². The van der Waals surface area contributed by atoms with Gasteiger partial charge in [0, 0.05) is 30.0 Å². The van der Waals surface area contributed by atoms with Crippen LogP contribution in [0.5, 0.6) is 40.2 Å². The molecule has 0 bridgehead atoms. The molecular formula is C25H24O10. The van der Waals surface area contributed by atoms with Gasteiger partial charge in [0.05, 0.1) is 13.5 Å². The lowest BCUT2D eigenvalue weighted by Crippen LogP contribution is -2.50. The molecule has 0 radical (unpaired) electrons. The highest BCUT2D eigenvalue weighted by Gasteiger charge is 2.52. The quantitative estimate of drug-likeness (QED) is 0.210. The van der Waals surface area contributed by atoms with Crippen LogP contribution in [-0.2, 0) is 16.0 Å². The van der Waals surface area contributed by atoms with Gasteiger partial charge in [-0.05, 0) is 35.4 Å². The Balaban J connectivity index is 1.94. The van der Waals surface area contributed by atoms with Crippen molar-refractivity contribution in [3.63, 3.8) is 0 Å². The first kappa shape index (κ1) is 23.8. The number of carbonyl (C=O) groups is 1. The summed E-state index contributed by atoms with van der Waals surface area (Å²) in [6.45, 7) is 0. The first-order valence-electron chi connectivity index (χ1n) is 10.6. The molecule has 1 aliphatic heterocycles. The monoisotopic (exact) mass is 484 g/mol. The Bertz CT molecular complexity index is 1290. The van der Waals surface area contributed by atoms with Crippen molar-refractivity contribution in [1.82, 2.24) is 0 Å². The topological polar surface area (TPSA) is 177 Å². The summed E-state index contributed by atoms with van der Waals surface area (Å²) >= 11 is 0. The van der Waals surface area contributed by atoms with Crippen LogP contribution in [0.25, 0.3) is 0 Å². The molecule has 0 unspecified atom stereocenters. The van der Waals surface area contributed by atoms with Gasteiger partial charge in [0.2, 0.25) is 0 Å². The number of methoxy groups -OCH3 is 1. The Hall–Kier alpha value is -4.31. The average Bonchev–Trinajstić information content (AvgIpc) is 2.81. The van der Waals surface area contributed by atoms with E-state index in [1.807, 2.05) is 0 Å². The third-order valence-electron chi connectivity index (χ3n) is 6.23. The Kier molecular flexibility index (Phi) is 5.99. The molecule has 184 valence electrons. The third-order valence-corrected chi connectivity index (χ3v) is 6.23. The lowest BCUT2D eigenvalue weighted by Gasteiger charge is -2.45. The number of aliphatic hydroxyl groups is 1. The lowest BCUT2D eigenvalue weighted by molar-refractivity contribution is -0.146. The highest BCUT2D eigenvalue weighted by Crippen LogP contribution is 2.53. The van der Waals surface area contributed by atoms with Crippen LogP contribution >= 0.6 is 0 Å². The Morgan fingerprint density at radius 3 is 2.23 bits per heavy atom. The third kappa shape index (κ3) is 4.31. The molecule has 0 spiro atoms. The second-order valence-corrected chi connectivity index (χ2v) is 8.44. The predicted molar refractivity (Wildman–Crippen MR) is 121 cm³/mol. The van der Waals surface area contributed by atoms with Crippen molar-refractivity contribution in [2.75, 3.05) is 7.11 Å². The zero-order chi connectivity index (χ0) is 25.5. The molecule has 1 heterocycles. The average molecular weight is 484 g/mol. The molecule has 3 atom stereocenters. The number of hydrogen-bond acceptors (Lipinski definition) is 10. The first-order chi connectivity index (χ1) is 16.5. The largest absolute Gasteiger partial charge is 0.508 e. The molecule has 0 amide bonds. The normalized spacial score (nSPS) is 19.9. The summed E-state index contributed by atoms with van der Waals surface area (Å²) in [6, 6.07) is 9.93. The molecule has 3 aromatic rings. The highest BCUT2D eigenvalue weighted by molar-refractivity contribution is 5.71. The Labute approximate surface area is 199 Å². The molecule has 0 fully saturated rings. The molecule has 0 aliphatic carbocycles. The minimum absolute atomic E-state index is 0.0649. The van der Waals surface area contributed by atoms with E-state index >= 15 is 0 Å². The number of carbonyl (C=O) groups excluding carboxylic acids is 1. The van der Waals surface area contributed by atoms with Gasteiger partial charge in [0.25, 0.3) is 0 Å². The van der Waals surface area contributed by atoms with Crippen LogP contribution in [0.15, 0.2) is 48.5 Å². The van der Waals surface area contributed by atoms with Crippen molar-refractivity contribution < 1.29 is 50.0 Å². The van der Waals surface area contributed by atoms with E-state index in [4.69, 9.17) is 9.47 Å². The summed E-state index contributed by atoms with van der Waals surface area (Å²) in [6.07, 6.45) is -1.94. The van der Waals surface area contributed by atoms with E-state index in [1.165, 1.54) is 49.6 Å². The molecule has 0 aromatic heterocycles. The van der Waals surface area contributed by atoms with Gasteiger partial charge in [-0.2, -0.15) is 0 Å². The maximum atomic E-state index is 12.4. The number of fused-ring (bicyclic) bond motifs is 1. The van der Waals surface area contributed by atoms with Crippen molar-refractivity contribution >= 4 is 5.97 Å². The fourth-order valence-corrected chi connectivity index (χ4v) is 4.46. The summed E-state index contributed by atoms with van der Waals surface area (Å²) in [5.41, 5.74) is -1.37. The van der Waals surface area contributed by atoms with Crippen LogP contribution in [0.4, 0.5) is 0 Å². The van der Waals surface area contributed by atoms with E-state index in [-0.39, 0.29) is 46.8 Å².